The monoisotopic (exact) mass is 392 g/mol. The summed E-state index contributed by atoms with van der Waals surface area (Å²) in [4.78, 5) is 12.7. The fourth-order valence-electron chi connectivity index (χ4n) is 3.55. The Morgan fingerprint density at radius 3 is 2.28 bits per heavy atom. The van der Waals surface area contributed by atoms with Crippen molar-refractivity contribution >= 4 is 17.2 Å². The highest BCUT2D eigenvalue weighted by Crippen LogP contribution is 2.24. The maximum Gasteiger partial charge on any atom is 0.244 e. The van der Waals surface area contributed by atoms with E-state index in [0.29, 0.717) is 5.69 Å². The molecule has 3 heteroatoms. The average molecular weight is 393 g/mol. The molecule has 2 rings (SSSR count). The fraction of sp³-hybridized carbons (Fsp3) is 0.423. The Morgan fingerprint density at radius 1 is 0.931 bits per heavy atom. The Hall–Kier alpha value is -2.55. The highest BCUT2D eigenvalue weighted by Gasteiger charge is 2.10. The molecule has 1 unspecified atom stereocenters. The van der Waals surface area contributed by atoms with Gasteiger partial charge in [-0.3, -0.25) is 4.79 Å². The second-order valence-electron chi connectivity index (χ2n) is 7.87. The lowest BCUT2D eigenvalue weighted by Crippen LogP contribution is -2.31. The van der Waals surface area contributed by atoms with E-state index in [4.69, 9.17) is 5.73 Å². The number of unbranched alkanes of at least 4 members (excludes halogenated alkanes) is 6. The Morgan fingerprint density at radius 2 is 1.59 bits per heavy atom. The number of rotatable bonds is 12. The SMILES string of the molecule is CCCCCCCCCC(C)NC(=O)/C=C(\c1ccccc1)c1cccc(N)c1. The summed E-state index contributed by atoms with van der Waals surface area (Å²) in [7, 11) is 0. The van der Waals surface area contributed by atoms with Crippen LogP contribution in [0.1, 0.15) is 76.3 Å². The van der Waals surface area contributed by atoms with Gasteiger partial charge in [0.05, 0.1) is 0 Å². The molecular weight excluding hydrogens is 356 g/mol. The van der Waals surface area contributed by atoms with Gasteiger partial charge in [0.1, 0.15) is 0 Å². The molecule has 0 bridgehead atoms. The van der Waals surface area contributed by atoms with Crippen LogP contribution in [0.15, 0.2) is 60.7 Å². The number of benzene rings is 2. The second kappa shape index (κ2) is 12.8. The van der Waals surface area contributed by atoms with Crippen LogP contribution in [0.3, 0.4) is 0 Å². The summed E-state index contributed by atoms with van der Waals surface area (Å²) >= 11 is 0. The normalized spacial score (nSPS) is 12.6. The lowest BCUT2D eigenvalue weighted by molar-refractivity contribution is -0.117. The summed E-state index contributed by atoms with van der Waals surface area (Å²) in [5.74, 6) is -0.0540. The highest BCUT2D eigenvalue weighted by atomic mass is 16.1. The first-order chi connectivity index (χ1) is 14.1. The predicted octanol–water partition coefficient (Wildman–Crippen LogP) is 6.35. The fourth-order valence-corrected chi connectivity index (χ4v) is 3.55. The molecule has 1 amide bonds. The number of hydrogen-bond donors (Lipinski definition) is 2. The van der Waals surface area contributed by atoms with Gasteiger partial charge in [-0.1, -0.05) is 94.3 Å². The third kappa shape index (κ3) is 8.55. The number of anilines is 1. The minimum absolute atomic E-state index is 0.0540. The molecule has 29 heavy (non-hydrogen) atoms. The van der Waals surface area contributed by atoms with E-state index in [0.717, 1.165) is 29.5 Å². The third-order valence-corrected chi connectivity index (χ3v) is 5.19. The third-order valence-electron chi connectivity index (χ3n) is 5.19. The Balaban J connectivity index is 1.94. The van der Waals surface area contributed by atoms with Gasteiger partial charge in [-0.15, -0.1) is 0 Å². The summed E-state index contributed by atoms with van der Waals surface area (Å²) in [5.41, 5.74) is 9.50. The zero-order chi connectivity index (χ0) is 20.9. The topological polar surface area (TPSA) is 55.1 Å². The molecule has 0 heterocycles. The molecule has 0 spiro atoms. The molecule has 0 radical (unpaired) electrons. The summed E-state index contributed by atoms with van der Waals surface area (Å²) in [6.45, 7) is 4.33. The molecule has 0 fully saturated rings. The molecule has 0 aromatic heterocycles. The second-order valence-corrected chi connectivity index (χ2v) is 7.87. The first kappa shape index (κ1) is 22.7. The van der Waals surface area contributed by atoms with Crippen LogP contribution >= 0.6 is 0 Å². The van der Waals surface area contributed by atoms with Gasteiger partial charge >= 0.3 is 0 Å². The van der Waals surface area contributed by atoms with Crippen LogP contribution in [0.4, 0.5) is 5.69 Å². The van der Waals surface area contributed by atoms with Crippen LogP contribution in [-0.2, 0) is 4.79 Å². The van der Waals surface area contributed by atoms with E-state index in [1.165, 1.54) is 38.5 Å². The molecule has 0 saturated heterocycles. The van der Waals surface area contributed by atoms with E-state index >= 15 is 0 Å². The largest absolute Gasteiger partial charge is 0.399 e. The molecular formula is C26H36N2O. The van der Waals surface area contributed by atoms with Crippen molar-refractivity contribution in [1.29, 1.82) is 0 Å². The van der Waals surface area contributed by atoms with Gasteiger partial charge in [0.2, 0.25) is 5.91 Å². The molecule has 1 atom stereocenters. The molecule has 0 aliphatic carbocycles. The number of hydrogen-bond acceptors (Lipinski definition) is 2. The van der Waals surface area contributed by atoms with E-state index < -0.39 is 0 Å². The maximum atomic E-state index is 12.7. The van der Waals surface area contributed by atoms with Crippen molar-refractivity contribution in [3.05, 3.63) is 71.8 Å². The molecule has 3 N–H and O–H groups in total. The maximum absolute atomic E-state index is 12.7. The van der Waals surface area contributed by atoms with Crippen LogP contribution in [0, 0.1) is 0 Å². The number of nitrogen functional groups attached to an aromatic ring is 1. The number of amides is 1. The minimum atomic E-state index is -0.0540. The minimum Gasteiger partial charge on any atom is -0.399 e. The van der Waals surface area contributed by atoms with Crippen LogP contribution in [-0.4, -0.2) is 11.9 Å². The smallest absolute Gasteiger partial charge is 0.244 e. The van der Waals surface area contributed by atoms with Gasteiger partial charge in [0.25, 0.3) is 0 Å². The summed E-state index contributed by atoms with van der Waals surface area (Å²) < 4.78 is 0. The first-order valence-electron chi connectivity index (χ1n) is 11.0. The van der Waals surface area contributed by atoms with Crippen molar-refractivity contribution < 1.29 is 4.79 Å². The number of carbonyl (C=O) groups is 1. The number of carbonyl (C=O) groups excluding carboxylic acids is 1. The van der Waals surface area contributed by atoms with Crippen molar-refractivity contribution in [3.8, 4) is 0 Å². The van der Waals surface area contributed by atoms with Crippen molar-refractivity contribution in [1.82, 2.24) is 5.32 Å². The molecule has 0 aliphatic heterocycles. The Bertz CT molecular complexity index is 767. The molecule has 3 nitrogen and oxygen atoms in total. The number of nitrogens with one attached hydrogen (secondary N) is 1. The van der Waals surface area contributed by atoms with Crippen LogP contribution in [0.2, 0.25) is 0 Å². The average Bonchev–Trinajstić information content (AvgIpc) is 2.72. The molecule has 2 aromatic rings. The number of nitrogens with two attached hydrogens (primary N) is 1. The summed E-state index contributed by atoms with van der Waals surface area (Å²) in [6.07, 6.45) is 11.7. The predicted molar refractivity (Wildman–Crippen MR) is 125 cm³/mol. The van der Waals surface area contributed by atoms with E-state index in [2.05, 4.69) is 19.2 Å². The zero-order valence-electron chi connectivity index (χ0n) is 18.0. The van der Waals surface area contributed by atoms with E-state index in [1.54, 1.807) is 6.08 Å². The van der Waals surface area contributed by atoms with E-state index in [-0.39, 0.29) is 11.9 Å². The van der Waals surface area contributed by atoms with Crippen LogP contribution in [0.25, 0.3) is 5.57 Å². The lowest BCUT2D eigenvalue weighted by Gasteiger charge is -2.14. The van der Waals surface area contributed by atoms with Gasteiger partial charge in [-0.2, -0.15) is 0 Å². The molecule has 156 valence electrons. The van der Waals surface area contributed by atoms with Crippen LogP contribution in [0.5, 0.6) is 0 Å². The Kier molecular flexibility index (Phi) is 10.1. The summed E-state index contributed by atoms with van der Waals surface area (Å²) in [5, 5.41) is 3.13. The highest BCUT2D eigenvalue weighted by molar-refractivity contribution is 5.99. The van der Waals surface area contributed by atoms with Gasteiger partial charge in [-0.05, 0) is 42.2 Å². The lowest BCUT2D eigenvalue weighted by atomic mass is 9.97. The van der Waals surface area contributed by atoms with E-state index in [1.807, 2.05) is 54.6 Å². The zero-order valence-corrected chi connectivity index (χ0v) is 18.0. The van der Waals surface area contributed by atoms with Gasteiger partial charge in [-0.25, -0.2) is 0 Å². The van der Waals surface area contributed by atoms with Gasteiger partial charge in [0, 0.05) is 17.8 Å². The Labute approximate surface area is 176 Å². The van der Waals surface area contributed by atoms with Crippen molar-refractivity contribution in [3.63, 3.8) is 0 Å². The van der Waals surface area contributed by atoms with Crippen molar-refractivity contribution in [2.45, 2.75) is 71.3 Å². The summed E-state index contributed by atoms with van der Waals surface area (Å²) in [6, 6.07) is 17.8. The standard InChI is InChI=1S/C26H36N2O/c1-3-4-5-6-7-8-10-14-21(2)28-26(29)20-25(22-15-11-9-12-16-22)23-17-13-18-24(27)19-23/h9,11-13,15-21H,3-8,10,14,27H2,1-2H3,(H,28,29)/b25-20+. The van der Waals surface area contributed by atoms with E-state index in [9.17, 15) is 4.79 Å². The molecule has 0 saturated carbocycles. The molecule has 2 aromatic carbocycles. The van der Waals surface area contributed by atoms with Gasteiger partial charge < -0.3 is 11.1 Å². The first-order valence-corrected chi connectivity index (χ1v) is 11.0. The van der Waals surface area contributed by atoms with Crippen molar-refractivity contribution in [2.24, 2.45) is 0 Å². The molecule has 0 aliphatic rings. The van der Waals surface area contributed by atoms with Crippen LogP contribution < -0.4 is 11.1 Å². The van der Waals surface area contributed by atoms with Gasteiger partial charge in [0.15, 0.2) is 0 Å². The quantitative estimate of drug-likeness (QED) is 0.251. The van der Waals surface area contributed by atoms with Crippen molar-refractivity contribution in [2.75, 3.05) is 5.73 Å².